The van der Waals surface area contributed by atoms with Gasteiger partial charge in [0.05, 0.1) is 17.5 Å². The van der Waals surface area contributed by atoms with Crippen molar-refractivity contribution in [1.82, 2.24) is 20.0 Å². The maximum absolute atomic E-state index is 9.74. The van der Waals surface area contributed by atoms with Gasteiger partial charge >= 0.3 is 0 Å². The highest BCUT2D eigenvalue weighted by atomic mass is 16.3. The standard InChI is InChI=1S/C20H27N7O/c1-2-23-20(26-12-10-16(28)14-26)24-11-6-9-18-17(13-21)19(22)27(25-18)15-7-4-3-5-8-15/h3-5,7-8,16,28H,2,6,9-12,14,22H2,1H3,(H,23,24)/t16-/m1/s1. The van der Waals surface area contributed by atoms with Crippen LogP contribution in [0.2, 0.25) is 0 Å². The van der Waals surface area contributed by atoms with E-state index in [4.69, 9.17) is 5.73 Å². The number of aliphatic hydroxyl groups excluding tert-OH is 1. The van der Waals surface area contributed by atoms with E-state index in [1.807, 2.05) is 37.3 Å². The summed E-state index contributed by atoms with van der Waals surface area (Å²) >= 11 is 0. The van der Waals surface area contributed by atoms with Crippen molar-refractivity contribution in [2.24, 2.45) is 4.99 Å². The summed E-state index contributed by atoms with van der Waals surface area (Å²) in [7, 11) is 0. The Morgan fingerprint density at radius 1 is 1.43 bits per heavy atom. The number of anilines is 1. The van der Waals surface area contributed by atoms with E-state index >= 15 is 0 Å². The molecule has 2 heterocycles. The molecule has 1 aliphatic rings. The van der Waals surface area contributed by atoms with E-state index in [9.17, 15) is 10.4 Å². The van der Waals surface area contributed by atoms with Crippen LogP contribution in [0.5, 0.6) is 0 Å². The molecule has 0 amide bonds. The third kappa shape index (κ3) is 4.43. The Bertz CT molecular complexity index is 853. The fourth-order valence-electron chi connectivity index (χ4n) is 3.33. The van der Waals surface area contributed by atoms with Gasteiger partial charge in [-0.25, -0.2) is 4.68 Å². The van der Waals surface area contributed by atoms with Crippen LogP contribution in [0, 0.1) is 11.3 Å². The normalized spacial score (nSPS) is 17.0. The summed E-state index contributed by atoms with van der Waals surface area (Å²) < 4.78 is 1.62. The molecule has 0 unspecified atom stereocenters. The monoisotopic (exact) mass is 381 g/mol. The Balaban J connectivity index is 1.66. The Hall–Kier alpha value is -3.05. The third-order valence-electron chi connectivity index (χ3n) is 4.74. The van der Waals surface area contributed by atoms with E-state index in [2.05, 4.69) is 26.4 Å². The molecule has 1 fully saturated rings. The zero-order chi connectivity index (χ0) is 19.9. The number of nitrogens with one attached hydrogen (secondary N) is 1. The molecule has 1 aromatic carbocycles. The van der Waals surface area contributed by atoms with Crippen molar-refractivity contribution in [1.29, 1.82) is 5.26 Å². The lowest BCUT2D eigenvalue weighted by Crippen LogP contribution is -2.40. The van der Waals surface area contributed by atoms with Crippen molar-refractivity contribution >= 4 is 11.8 Å². The number of aliphatic hydroxyl groups is 1. The zero-order valence-electron chi connectivity index (χ0n) is 16.2. The van der Waals surface area contributed by atoms with E-state index in [0.717, 1.165) is 37.6 Å². The number of benzene rings is 1. The van der Waals surface area contributed by atoms with Crippen molar-refractivity contribution < 1.29 is 5.11 Å². The summed E-state index contributed by atoms with van der Waals surface area (Å²) in [6.45, 7) is 4.84. The quantitative estimate of drug-likeness (QED) is 0.394. The number of nitrogen functional groups attached to an aromatic ring is 1. The fraction of sp³-hybridized carbons (Fsp3) is 0.450. The second-order valence-electron chi connectivity index (χ2n) is 6.79. The summed E-state index contributed by atoms with van der Waals surface area (Å²) in [6, 6.07) is 11.7. The van der Waals surface area contributed by atoms with Crippen LogP contribution in [0.1, 0.15) is 31.0 Å². The number of para-hydroxylation sites is 1. The number of nitriles is 1. The van der Waals surface area contributed by atoms with Gasteiger partial charge in [-0.05, 0) is 38.3 Å². The second kappa shape index (κ2) is 9.24. The zero-order valence-corrected chi connectivity index (χ0v) is 16.2. The van der Waals surface area contributed by atoms with Gasteiger partial charge in [-0.3, -0.25) is 4.99 Å². The number of guanidine groups is 1. The third-order valence-corrected chi connectivity index (χ3v) is 4.74. The highest BCUT2D eigenvalue weighted by Gasteiger charge is 2.22. The van der Waals surface area contributed by atoms with Gasteiger partial charge in [-0.2, -0.15) is 10.4 Å². The fourth-order valence-corrected chi connectivity index (χ4v) is 3.33. The van der Waals surface area contributed by atoms with E-state index in [1.165, 1.54) is 0 Å². The van der Waals surface area contributed by atoms with Crippen LogP contribution in [-0.4, -0.2) is 58.0 Å². The van der Waals surface area contributed by atoms with Gasteiger partial charge < -0.3 is 21.1 Å². The first kappa shape index (κ1) is 19.7. The van der Waals surface area contributed by atoms with E-state index in [-0.39, 0.29) is 6.10 Å². The molecule has 1 atom stereocenters. The molecule has 1 aliphatic heterocycles. The maximum atomic E-state index is 9.74. The molecule has 2 aromatic rings. The number of aliphatic imine (C=N–C) groups is 1. The van der Waals surface area contributed by atoms with E-state index in [0.29, 0.717) is 36.6 Å². The lowest BCUT2D eigenvalue weighted by atomic mass is 10.1. The molecule has 8 heteroatoms. The number of β-amino-alcohol motifs (C(OH)–C–C–N with tert-alkyl or cyclic N) is 1. The SMILES string of the molecule is CCNC(=NCCCc1nn(-c2ccccc2)c(N)c1C#N)N1CC[C@@H](O)C1. The number of aryl methyl sites for hydroxylation is 1. The summed E-state index contributed by atoms with van der Waals surface area (Å²) in [5.41, 5.74) is 8.11. The van der Waals surface area contributed by atoms with Crippen LogP contribution >= 0.6 is 0 Å². The van der Waals surface area contributed by atoms with Gasteiger partial charge in [-0.15, -0.1) is 0 Å². The molecule has 0 bridgehead atoms. The molecule has 8 nitrogen and oxygen atoms in total. The molecule has 0 spiro atoms. The molecule has 0 saturated carbocycles. The molecule has 28 heavy (non-hydrogen) atoms. The van der Waals surface area contributed by atoms with Crippen LogP contribution in [0.3, 0.4) is 0 Å². The van der Waals surface area contributed by atoms with Crippen LogP contribution in [0.15, 0.2) is 35.3 Å². The molecule has 0 aliphatic carbocycles. The van der Waals surface area contributed by atoms with Gasteiger partial charge in [0.1, 0.15) is 17.5 Å². The molecular weight excluding hydrogens is 354 g/mol. The van der Waals surface area contributed by atoms with Gasteiger partial charge in [0, 0.05) is 26.2 Å². The Morgan fingerprint density at radius 2 is 2.21 bits per heavy atom. The largest absolute Gasteiger partial charge is 0.391 e. The number of hydrogen-bond acceptors (Lipinski definition) is 5. The number of nitrogens with two attached hydrogens (primary N) is 1. The first-order valence-corrected chi connectivity index (χ1v) is 9.68. The van der Waals surface area contributed by atoms with E-state index < -0.39 is 0 Å². The van der Waals surface area contributed by atoms with Crippen molar-refractivity contribution in [3.05, 3.63) is 41.6 Å². The molecule has 3 rings (SSSR count). The lowest BCUT2D eigenvalue weighted by Gasteiger charge is -2.20. The number of nitrogens with zero attached hydrogens (tertiary/aromatic N) is 5. The lowest BCUT2D eigenvalue weighted by molar-refractivity contribution is 0.188. The highest BCUT2D eigenvalue weighted by Crippen LogP contribution is 2.21. The summed E-state index contributed by atoms with van der Waals surface area (Å²) in [5.74, 6) is 1.19. The molecule has 1 saturated heterocycles. The van der Waals surface area contributed by atoms with Crippen molar-refractivity contribution in [2.75, 3.05) is 31.9 Å². The van der Waals surface area contributed by atoms with E-state index in [1.54, 1.807) is 4.68 Å². The molecule has 0 radical (unpaired) electrons. The van der Waals surface area contributed by atoms with Crippen molar-refractivity contribution in [3.8, 4) is 11.8 Å². The maximum Gasteiger partial charge on any atom is 0.194 e. The van der Waals surface area contributed by atoms with Crippen molar-refractivity contribution in [3.63, 3.8) is 0 Å². The topological polar surface area (TPSA) is 115 Å². The molecule has 4 N–H and O–H groups in total. The Morgan fingerprint density at radius 3 is 2.86 bits per heavy atom. The Labute approximate surface area is 165 Å². The minimum atomic E-state index is -0.285. The Kier molecular flexibility index (Phi) is 6.50. The summed E-state index contributed by atoms with van der Waals surface area (Å²) in [5, 5.41) is 27.1. The average molecular weight is 381 g/mol. The predicted octanol–water partition coefficient (Wildman–Crippen LogP) is 1.29. The van der Waals surface area contributed by atoms with Gasteiger partial charge in [0.25, 0.3) is 0 Å². The first-order valence-electron chi connectivity index (χ1n) is 9.68. The minimum absolute atomic E-state index is 0.285. The van der Waals surface area contributed by atoms with Crippen molar-refractivity contribution in [2.45, 2.75) is 32.3 Å². The number of rotatable bonds is 6. The molecule has 148 valence electrons. The molecular formula is C20H27N7O. The van der Waals surface area contributed by atoms with Gasteiger partial charge in [0.15, 0.2) is 5.96 Å². The van der Waals surface area contributed by atoms with Crippen LogP contribution in [0.25, 0.3) is 5.69 Å². The predicted molar refractivity (Wildman–Crippen MR) is 109 cm³/mol. The average Bonchev–Trinajstić information content (AvgIpc) is 3.28. The van der Waals surface area contributed by atoms with Crippen LogP contribution < -0.4 is 11.1 Å². The smallest absolute Gasteiger partial charge is 0.194 e. The number of likely N-dealkylation sites (tertiary alicyclic amines) is 1. The van der Waals surface area contributed by atoms with Crippen LogP contribution in [-0.2, 0) is 6.42 Å². The number of aromatic nitrogens is 2. The summed E-state index contributed by atoms with van der Waals surface area (Å²) in [4.78, 5) is 6.74. The molecule has 1 aromatic heterocycles. The first-order chi connectivity index (χ1) is 13.6. The number of hydrogen-bond donors (Lipinski definition) is 3. The van der Waals surface area contributed by atoms with Crippen LogP contribution in [0.4, 0.5) is 5.82 Å². The van der Waals surface area contributed by atoms with Gasteiger partial charge in [-0.1, -0.05) is 18.2 Å². The summed E-state index contributed by atoms with van der Waals surface area (Å²) in [6.07, 6.45) is 1.86. The minimum Gasteiger partial charge on any atom is -0.391 e. The highest BCUT2D eigenvalue weighted by molar-refractivity contribution is 5.80. The second-order valence-corrected chi connectivity index (χ2v) is 6.79. The van der Waals surface area contributed by atoms with Gasteiger partial charge in [0.2, 0.25) is 0 Å².